The van der Waals surface area contributed by atoms with Gasteiger partial charge in [0.1, 0.15) is 17.4 Å². The first kappa shape index (κ1) is 32.6. The standard InChI is InChI=1S/C35H33N7O7/c1-49-22-9-7-21(8-10-22)25-18-40-32-24(25)16-20(17-39-32)6-12-28(43)36-14-3-15-37-30(45)19-38-26-5-2-4-23-31(26)35(48)42(34(23)47)27-11-13-29(44)41-33(27)46/h2,4-10,12,16-18,27,38H,3,11,13-15,19H2,1H3,(H,36,43)(H,37,45)(H,39,40)(H,41,44,46)/b12-6+. The quantitative estimate of drug-likeness (QED) is 0.0860. The smallest absolute Gasteiger partial charge is 0.264 e. The van der Waals surface area contributed by atoms with Crippen LogP contribution in [-0.2, 0) is 19.2 Å². The van der Waals surface area contributed by atoms with Gasteiger partial charge >= 0.3 is 0 Å². The van der Waals surface area contributed by atoms with Crippen molar-refractivity contribution in [3.05, 3.63) is 83.7 Å². The molecule has 1 fully saturated rings. The van der Waals surface area contributed by atoms with Crippen molar-refractivity contribution in [2.24, 2.45) is 0 Å². The van der Waals surface area contributed by atoms with Crippen LogP contribution >= 0.6 is 0 Å². The number of ether oxygens (including phenoxy) is 1. The Morgan fingerprint density at radius 3 is 2.59 bits per heavy atom. The largest absolute Gasteiger partial charge is 0.497 e. The van der Waals surface area contributed by atoms with Gasteiger partial charge in [-0.1, -0.05) is 18.2 Å². The zero-order valence-electron chi connectivity index (χ0n) is 26.5. The fraction of sp³-hybridized carbons (Fsp3) is 0.229. The van der Waals surface area contributed by atoms with Crippen LogP contribution in [0.4, 0.5) is 5.69 Å². The number of anilines is 1. The van der Waals surface area contributed by atoms with Crippen molar-refractivity contribution >= 4 is 58.2 Å². The average Bonchev–Trinajstić information content (AvgIpc) is 3.64. The molecule has 0 aliphatic carbocycles. The summed E-state index contributed by atoms with van der Waals surface area (Å²) < 4.78 is 5.24. The molecule has 2 aliphatic rings. The Hall–Kier alpha value is -6.31. The van der Waals surface area contributed by atoms with Crippen LogP contribution in [0.3, 0.4) is 0 Å². The molecule has 6 rings (SSSR count). The van der Waals surface area contributed by atoms with E-state index in [0.29, 0.717) is 19.5 Å². The van der Waals surface area contributed by atoms with Crippen molar-refractivity contribution in [1.82, 2.24) is 30.8 Å². The van der Waals surface area contributed by atoms with Gasteiger partial charge in [0, 0.05) is 54.6 Å². The van der Waals surface area contributed by atoms with Gasteiger partial charge in [0.2, 0.25) is 23.6 Å². The summed E-state index contributed by atoms with van der Waals surface area (Å²) in [5.41, 5.74) is 3.95. The van der Waals surface area contributed by atoms with Gasteiger partial charge in [-0.2, -0.15) is 0 Å². The number of benzene rings is 2. The zero-order valence-corrected chi connectivity index (χ0v) is 26.5. The summed E-state index contributed by atoms with van der Waals surface area (Å²) in [5, 5.41) is 11.5. The monoisotopic (exact) mass is 663 g/mol. The third-order valence-electron chi connectivity index (χ3n) is 8.26. The predicted molar refractivity (Wildman–Crippen MR) is 179 cm³/mol. The van der Waals surface area contributed by atoms with Crippen molar-refractivity contribution in [2.75, 3.05) is 32.1 Å². The van der Waals surface area contributed by atoms with E-state index in [2.05, 4.69) is 31.2 Å². The number of nitrogens with one attached hydrogen (secondary N) is 5. The molecule has 0 saturated carbocycles. The van der Waals surface area contributed by atoms with E-state index in [9.17, 15) is 28.8 Å². The highest BCUT2D eigenvalue weighted by Crippen LogP contribution is 2.32. The minimum absolute atomic E-state index is 0.0196. The summed E-state index contributed by atoms with van der Waals surface area (Å²) in [7, 11) is 1.62. The minimum Gasteiger partial charge on any atom is -0.497 e. The number of piperidine rings is 1. The molecule has 14 heteroatoms. The topological polar surface area (TPSA) is 192 Å². The maximum atomic E-state index is 13.2. The van der Waals surface area contributed by atoms with Gasteiger partial charge in [-0.15, -0.1) is 0 Å². The molecule has 0 spiro atoms. The van der Waals surface area contributed by atoms with Crippen molar-refractivity contribution in [3.8, 4) is 16.9 Å². The molecule has 0 radical (unpaired) electrons. The summed E-state index contributed by atoms with van der Waals surface area (Å²) in [6.45, 7) is 0.443. The maximum absolute atomic E-state index is 13.2. The van der Waals surface area contributed by atoms with Crippen molar-refractivity contribution in [1.29, 1.82) is 0 Å². The van der Waals surface area contributed by atoms with E-state index in [4.69, 9.17) is 4.74 Å². The molecule has 0 bridgehead atoms. The van der Waals surface area contributed by atoms with Crippen LogP contribution in [-0.4, -0.2) is 83.1 Å². The lowest BCUT2D eigenvalue weighted by atomic mass is 10.0. The van der Waals surface area contributed by atoms with Crippen LogP contribution < -0.4 is 26.0 Å². The lowest BCUT2D eigenvalue weighted by Crippen LogP contribution is -2.54. The number of methoxy groups -OCH3 is 1. The lowest BCUT2D eigenvalue weighted by molar-refractivity contribution is -0.136. The molecule has 14 nitrogen and oxygen atoms in total. The number of rotatable bonds is 12. The number of pyridine rings is 1. The van der Waals surface area contributed by atoms with Crippen LogP contribution in [0.5, 0.6) is 5.75 Å². The van der Waals surface area contributed by atoms with E-state index in [1.165, 1.54) is 12.1 Å². The number of H-pyrrole nitrogens is 1. The number of carbonyl (C=O) groups is 6. The van der Waals surface area contributed by atoms with Gasteiger partial charge in [-0.25, -0.2) is 4.98 Å². The first-order valence-corrected chi connectivity index (χ1v) is 15.7. The third-order valence-corrected chi connectivity index (χ3v) is 8.26. The summed E-state index contributed by atoms with van der Waals surface area (Å²) >= 11 is 0. The van der Waals surface area contributed by atoms with E-state index in [-0.39, 0.29) is 48.0 Å². The Balaban J connectivity index is 0.946. The highest BCUT2D eigenvalue weighted by Gasteiger charge is 2.45. The Morgan fingerprint density at radius 1 is 1.02 bits per heavy atom. The fourth-order valence-electron chi connectivity index (χ4n) is 5.78. The molecule has 5 N–H and O–H groups in total. The molecular weight excluding hydrogens is 630 g/mol. The second-order valence-corrected chi connectivity index (χ2v) is 11.5. The van der Waals surface area contributed by atoms with Crippen LogP contribution in [0.1, 0.15) is 45.5 Å². The molecule has 2 aromatic heterocycles. The number of aromatic nitrogens is 2. The van der Waals surface area contributed by atoms with Crippen molar-refractivity contribution < 1.29 is 33.5 Å². The molecule has 1 saturated heterocycles. The number of aromatic amines is 1. The molecule has 1 unspecified atom stereocenters. The second kappa shape index (κ2) is 14.2. The molecule has 4 heterocycles. The number of fused-ring (bicyclic) bond motifs is 2. The summed E-state index contributed by atoms with van der Waals surface area (Å²) in [6, 6.07) is 13.2. The van der Waals surface area contributed by atoms with Crippen LogP contribution in [0.2, 0.25) is 0 Å². The van der Waals surface area contributed by atoms with E-state index >= 15 is 0 Å². The molecular formula is C35H33N7O7. The highest BCUT2D eigenvalue weighted by molar-refractivity contribution is 6.25. The van der Waals surface area contributed by atoms with E-state index in [1.54, 1.807) is 31.5 Å². The summed E-state index contributed by atoms with van der Waals surface area (Å²) in [6.07, 6.45) is 7.22. The number of nitrogens with zero attached hydrogens (tertiary/aromatic N) is 2. The normalized spacial score (nSPS) is 15.8. The molecule has 6 amide bonds. The first-order chi connectivity index (χ1) is 23.7. The van der Waals surface area contributed by atoms with Gasteiger partial charge in [-0.3, -0.25) is 39.0 Å². The molecule has 1 atom stereocenters. The summed E-state index contributed by atoms with van der Waals surface area (Å²) in [4.78, 5) is 83.5. The average molecular weight is 664 g/mol. The van der Waals surface area contributed by atoms with Crippen LogP contribution in [0.15, 0.2) is 67.0 Å². The fourth-order valence-corrected chi connectivity index (χ4v) is 5.78. The molecule has 2 aliphatic heterocycles. The lowest BCUT2D eigenvalue weighted by Gasteiger charge is -2.27. The zero-order chi connectivity index (χ0) is 34.5. The molecule has 49 heavy (non-hydrogen) atoms. The highest BCUT2D eigenvalue weighted by atomic mass is 16.5. The number of carbonyl (C=O) groups excluding carboxylic acids is 6. The van der Waals surface area contributed by atoms with Gasteiger partial charge in [0.25, 0.3) is 11.8 Å². The van der Waals surface area contributed by atoms with E-state index < -0.39 is 29.7 Å². The van der Waals surface area contributed by atoms with Crippen LogP contribution in [0, 0.1) is 0 Å². The Morgan fingerprint density at radius 2 is 1.82 bits per heavy atom. The van der Waals surface area contributed by atoms with Crippen LogP contribution in [0.25, 0.3) is 28.2 Å². The number of hydrogen-bond acceptors (Lipinski definition) is 9. The number of amides is 6. The predicted octanol–water partition coefficient (Wildman–Crippen LogP) is 2.39. The first-order valence-electron chi connectivity index (χ1n) is 15.7. The molecule has 4 aromatic rings. The van der Waals surface area contributed by atoms with E-state index in [1.807, 2.05) is 36.5 Å². The Labute approximate surface area is 280 Å². The van der Waals surface area contributed by atoms with E-state index in [0.717, 1.165) is 38.4 Å². The Bertz CT molecular complexity index is 2000. The third kappa shape index (κ3) is 7.02. The van der Waals surface area contributed by atoms with Crippen molar-refractivity contribution in [2.45, 2.75) is 25.3 Å². The molecule has 2 aromatic carbocycles. The van der Waals surface area contributed by atoms with Gasteiger partial charge in [-0.05, 0) is 60.4 Å². The van der Waals surface area contributed by atoms with Gasteiger partial charge in [0.15, 0.2) is 0 Å². The Kier molecular flexibility index (Phi) is 9.46. The van der Waals surface area contributed by atoms with Gasteiger partial charge < -0.3 is 25.7 Å². The van der Waals surface area contributed by atoms with Gasteiger partial charge in [0.05, 0.1) is 24.8 Å². The minimum atomic E-state index is -1.08. The second-order valence-electron chi connectivity index (χ2n) is 11.5. The molecule has 250 valence electrons. The number of hydrogen-bond donors (Lipinski definition) is 5. The maximum Gasteiger partial charge on any atom is 0.264 e. The summed E-state index contributed by atoms with van der Waals surface area (Å²) in [5.74, 6) is -2.32. The SMILES string of the molecule is COc1ccc(-c2c[nH]c3ncc(/C=C/C(=O)NCCCNC(=O)CNc4cccc5c4C(=O)N(C4CCC(=O)NC4=O)C5=O)cc23)cc1. The number of imide groups is 2. The van der Waals surface area contributed by atoms with Crippen molar-refractivity contribution in [3.63, 3.8) is 0 Å².